The first kappa shape index (κ1) is 17.3. The van der Waals surface area contributed by atoms with Crippen LogP contribution in [0.3, 0.4) is 0 Å². The van der Waals surface area contributed by atoms with Crippen LogP contribution in [0.4, 0.5) is 0 Å². The average molecular weight is 260 g/mol. The standard InChI is InChI=1S/C6H14N2O2.H3O3PS/c7-4-2-1-3-5(8)6(9)10;1-4(2,3)5/h5H,1-4,7-8H2,(H,9,10);(H3,1,2,3,5)/t5-;/m0./s1. The third-order valence-electron chi connectivity index (χ3n) is 1.29. The lowest BCUT2D eigenvalue weighted by Crippen LogP contribution is -2.29. The first-order chi connectivity index (χ1) is 6.68. The molecule has 0 aliphatic carbocycles. The van der Waals surface area contributed by atoms with Crippen molar-refractivity contribution in [3.05, 3.63) is 0 Å². The predicted molar refractivity (Wildman–Crippen MR) is 59.5 cm³/mol. The predicted octanol–water partition coefficient (Wildman–Crippen LogP) is -1.28. The summed E-state index contributed by atoms with van der Waals surface area (Å²) in [4.78, 5) is 32.8. The van der Waals surface area contributed by atoms with E-state index in [9.17, 15) is 4.79 Å². The van der Waals surface area contributed by atoms with Crippen molar-refractivity contribution in [3.63, 3.8) is 0 Å². The van der Waals surface area contributed by atoms with Gasteiger partial charge in [-0.25, -0.2) is 0 Å². The Morgan fingerprint density at radius 2 is 1.73 bits per heavy atom. The summed E-state index contributed by atoms with van der Waals surface area (Å²) in [7, 11) is 0. The molecule has 9 heteroatoms. The van der Waals surface area contributed by atoms with Gasteiger partial charge in [0, 0.05) is 0 Å². The van der Waals surface area contributed by atoms with Gasteiger partial charge in [0.25, 0.3) is 0 Å². The maximum Gasteiger partial charge on any atom is 0.320 e. The number of nitrogens with two attached hydrogens (primary N) is 2. The van der Waals surface area contributed by atoms with Crippen LogP contribution in [0.2, 0.25) is 0 Å². The molecule has 0 aliphatic rings. The van der Waals surface area contributed by atoms with E-state index >= 15 is 0 Å². The van der Waals surface area contributed by atoms with E-state index in [2.05, 4.69) is 11.8 Å². The third kappa shape index (κ3) is 24.9. The molecule has 0 fully saturated rings. The van der Waals surface area contributed by atoms with E-state index in [0.29, 0.717) is 13.0 Å². The van der Waals surface area contributed by atoms with Gasteiger partial charge >= 0.3 is 12.7 Å². The molecule has 0 aromatic carbocycles. The molecule has 0 saturated heterocycles. The van der Waals surface area contributed by atoms with Crippen molar-refractivity contribution in [1.29, 1.82) is 0 Å². The lowest BCUT2D eigenvalue weighted by Gasteiger charge is -2.03. The van der Waals surface area contributed by atoms with E-state index in [1.54, 1.807) is 0 Å². The molecule has 0 aromatic rings. The van der Waals surface area contributed by atoms with Crippen molar-refractivity contribution in [2.24, 2.45) is 11.5 Å². The Labute approximate surface area is 93.0 Å². The maximum absolute atomic E-state index is 10.1. The molecule has 0 aromatic heterocycles. The summed E-state index contributed by atoms with van der Waals surface area (Å²) in [5, 5.41) is 8.33. The largest absolute Gasteiger partial charge is 0.480 e. The quantitative estimate of drug-likeness (QED) is 0.264. The van der Waals surface area contributed by atoms with Crippen molar-refractivity contribution < 1.29 is 24.6 Å². The molecule has 0 unspecified atom stereocenters. The summed E-state index contributed by atoms with van der Waals surface area (Å²) < 4.78 is 0. The lowest BCUT2D eigenvalue weighted by atomic mass is 10.1. The normalized spacial score (nSPS) is 12.6. The van der Waals surface area contributed by atoms with Gasteiger partial charge < -0.3 is 31.3 Å². The van der Waals surface area contributed by atoms with Gasteiger partial charge in [-0.05, 0) is 31.2 Å². The SMILES string of the molecule is NCCCC[C@H](N)C(=O)O.OP(O)(O)=S. The minimum Gasteiger partial charge on any atom is -0.480 e. The second kappa shape index (κ2) is 9.17. The molecule has 0 bridgehead atoms. The van der Waals surface area contributed by atoms with E-state index in [0.717, 1.165) is 12.8 Å². The molecule has 0 spiro atoms. The van der Waals surface area contributed by atoms with E-state index in [-0.39, 0.29) is 0 Å². The second-order valence-electron chi connectivity index (χ2n) is 2.74. The molecule has 0 heterocycles. The topological polar surface area (TPSA) is 150 Å². The van der Waals surface area contributed by atoms with E-state index in [4.69, 9.17) is 31.3 Å². The Morgan fingerprint density at radius 1 is 1.33 bits per heavy atom. The monoisotopic (exact) mass is 260 g/mol. The number of rotatable bonds is 5. The van der Waals surface area contributed by atoms with Crippen molar-refractivity contribution in [2.45, 2.75) is 25.3 Å². The van der Waals surface area contributed by atoms with Crippen LogP contribution < -0.4 is 11.5 Å². The first-order valence-corrected chi connectivity index (χ1v) is 6.81. The van der Waals surface area contributed by atoms with Crippen LogP contribution in [0, 0.1) is 0 Å². The fourth-order valence-electron chi connectivity index (χ4n) is 0.632. The van der Waals surface area contributed by atoms with Gasteiger partial charge in [0.05, 0.1) is 0 Å². The number of carbonyl (C=O) groups is 1. The average Bonchev–Trinajstić information content (AvgIpc) is 2.01. The Hall–Kier alpha value is -0.0800. The second-order valence-corrected chi connectivity index (χ2v) is 5.24. The van der Waals surface area contributed by atoms with Crippen LogP contribution in [-0.2, 0) is 16.6 Å². The first-order valence-electron chi connectivity index (χ1n) is 4.15. The number of aliphatic carboxylic acids is 1. The van der Waals surface area contributed by atoms with Crippen LogP contribution in [0.1, 0.15) is 19.3 Å². The zero-order chi connectivity index (χ0) is 12.5. The summed E-state index contributed by atoms with van der Waals surface area (Å²) in [5.74, 6) is -0.933. The molecular weight excluding hydrogens is 243 g/mol. The fraction of sp³-hybridized carbons (Fsp3) is 0.833. The molecule has 15 heavy (non-hydrogen) atoms. The molecule has 0 aliphatic heterocycles. The summed E-state index contributed by atoms with van der Waals surface area (Å²) >= 11 is 3.60. The molecule has 7 nitrogen and oxygen atoms in total. The zero-order valence-electron chi connectivity index (χ0n) is 8.11. The fourth-order valence-corrected chi connectivity index (χ4v) is 0.632. The highest BCUT2D eigenvalue weighted by atomic mass is 32.5. The van der Waals surface area contributed by atoms with Gasteiger partial charge in [0.15, 0.2) is 0 Å². The van der Waals surface area contributed by atoms with Gasteiger partial charge in [0.1, 0.15) is 6.04 Å². The van der Waals surface area contributed by atoms with Gasteiger partial charge in [-0.15, -0.1) is 0 Å². The van der Waals surface area contributed by atoms with Gasteiger partial charge in [-0.2, -0.15) is 0 Å². The number of hydrogen-bond acceptors (Lipinski definition) is 4. The van der Waals surface area contributed by atoms with Crippen molar-refractivity contribution in [1.82, 2.24) is 0 Å². The van der Waals surface area contributed by atoms with Crippen LogP contribution in [0.25, 0.3) is 0 Å². The van der Waals surface area contributed by atoms with Crippen molar-refractivity contribution in [3.8, 4) is 0 Å². The minimum atomic E-state index is -3.81. The molecule has 92 valence electrons. The van der Waals surface area contributed by atoms with Crippen LogP contribution in [0.5, 0.6) is 0 Å². The van der Waals surface area contributed by atoms with Crippen LogP contribution in [0.15, 0.2) is 0 Å². The molecule has 8 N–H and O–H groups in total. The molecule has 0 radical (unpaired) electrons. The number of unbranched alkanes of at least 4 members (excludes halogenated alkanes) is 1. The maximum atomic E-state index is 10.1. The van der Waals surface area contributed by atoms with Crippen molar-refractivity contribution in [2.75, 3.05) is 6.54 Å². The third-order valence-corrected chi connectivity index (χ3v) is 1.29. The zero-order valence-corrected chi connectivity index (χ0v) is 9.82. The van der Waals surface area contributed by atoms with Crippen LogP contribution in [-0.4, -0.2) is 38.3 Å². The summed E-state index contributed by atoms with van der Waals surface area (Å²) in [6.07, 6.45) is 2.16. The smallest absolute Gasteiger partial charge is 0.320 e. The Kier molecular flexibility index (Phi) is 10.6. The van der Waals surface area contributed by atoms with Gasteiger partial charge in [0.2, 0.25) is 0 Å². The number of carboxylic acids is 1. The Bertz CT molecular complexity index is 213. The molecular formula is C6H17N2O5PS. The summed E-state index contributed by atoms with van der Waals surface area (Å²) in [6, 6.07) is -0.716. The Balaban J connectivity index is 0. The Morgan fingerprint density at radius 3 is 2.00 bits per heavy atom. The highest BCUT2D eigenvalue weighted by Gasteiger charge is 2.09. The minimum absolute atomic E-state index is 0.520. The lowest BCUT2D eigenvalue weighted by molar-refractivity contribution is -0.138. The van der Waals surface area contributed by atoms with Crippen LogP contribution >= 0.6 is 6.72 Å². The highest BCUT2D eigenvalue weighted by Crippen LogP contribution is 2.26. The van der Waals surface area contributed by atoms with Gasteiger partial charge in [-0.1, -0.05) is 6.42 Å². The molecule has 0 saturated carbocycles. The van der Waals surface area contributed by atoms with E-state index in [1.165, 1.54) is 0 Å². The van der Waals surface area contributed by atoms with Crippen molar-refractivity contribution >= 4 is 24.5 Å². The van der Waals surface area contributed by atoms with E-state index in [1.807, 2.05) is 0 Å². The van der Waals surface area contributed by atoms with E-state index < -0.39 is 18.7 Å². The number of carboxylic acid groups (broad SMARTS) is 1. The number of hydrogen-bond donors (Lipinski definition) is 6. The van der Waals surface area contributed by atoms with Gasteiger partial charge in [-0.3, -0.25) is 4.79 Å². The summed E-state index contributed by atoms with van der Waals surface area (Å²) in [5.41, 5.74) is 10.4. The summed E-state index contributed by atoms with van der Waals surface area (Å²) in [6.45, 7) is -3.20. The molecule has 1 atom stereocenters. The molecule has 0 rings (SSSR count). The molecule has 0 amide bonds. The highest BCUT2D eigenvalue weighted by molar-refractivity contribution is 8.06.